The summed E-state index contributed by atoms with van der Waals surface area (Å²) in [6.07, 6.45) is 2.17. The molecule has 2 heteroatoms. The molecule has 0 atom stereocenters. The molecule has 14 heavy (non-hydrogen) atoms. The van der Waals surface area contributed by atoms with Crippen molar-refractivity contribution in [2.75, 3.05) is 0 Å². The maximum Gasteiger partial charge on any atom is 0.0265 e. The summed E-state index contributed by atoms with van der Waals surface area (Å²) in [5.41, 5.74) is 5.04. The molecule has 0 fully saturated rings. The Morgan fingerprint density at radius 1 is 1.29 bits per heavy atom. The topological polar surface area (TPSA) is 0 Å². The average Bonchev–Trinajstić information content (AvgIpc) is 2.47. The van der Waals surface area contributed by atoms with Crippen LogP contribution in [0.25, 0.3) is 10.1 Å². The number of hydrogen-bond acceptors (Lipinski definition) is 0. The second-order valence-corrected chi connectivity index (χ2v) is 5.28. The van der Waals surface area contributed by atoms with Gasteiger partial charge in [-0.1, -0.05) is 51.1 Å². The van der Waals surface area contributed by atoms with Gasteiger partial charge in [-0.15, -0.1) is 0 Å². The van der Waals surface area contributed by atoms with Crippen LogP contribution in [0.1, 0.15) is 23.1 Å². The van der Waals surface area contributed by atoms with Crippen LogP contribution in [-0.4, -0.2) is 0 Å². The molecule has 1 aliphatic carbocycles. The first-order valence-corrected chi connectivity index (χ1v) is 6.04. The van der Waals surface area contributed by atoms with Gasteiger partial charge in [-0.2, -0.15) is 0 Å². The number of fused-ring (bicyclic) bond motifs is 1. The summed E-state index contributed by atoms with van der Waals surface area (Å²) >= 11 is 6.99. The normalized spacial score (nSPS) is 14.3. The van der Waals surface area contributed by atoms with Crippen LogP contribution in [0.3, 0.4) is 0 Å². The van der Waals surface area contributed by atoms with Gasteiger partial charge in [0.15, 0.2) is 0 Å². The van der Waals surface area contributed by atoms with Gasteiger partial charge in [0.1, 0.15) is 0 Å². The molecule has 1 aromatic rings. The monoisotopic (exact) mass is 312 g/mol. The van der Waals surface area contributed by atoms with Crippen LogP contribution >= 0.6 is 31.9 Å². The van der Waals surface area contributed by atoms with Gasteiger partial charge in [0, 0.05) is 14.5 Å². The molecule has 0 aromatic heterocycles. The molecule has 0 saturated heterocycles. The molecule has 0 bridgehead atoms. The molecule has 0 spiro atoms. The van der Waals surface area contributed by atoms with E-state index in [0.717, 1.165) is 27.4 Å². The van der Waals surface area contributed by atoms with E-state index < -0.39 is 0 Å². The van der Waals surface area contributed by atoms with Crippen LogP contribution in [0.15, 0.2) is 29.8 Å². The van der Waals surface area contributed by atoms with E-state index >= 15 is 0 Å². The fraction of sp³-hybridized carbons (Fsp3) is 0.167. The van der Waals surface area contributed by atoms with E-state index in [4.69, 9.17) is 0 Å². The fourth-order valence-electron chi connectivity index (χ4n) is 1.91. The Bertz CT molecular complexity index is 430. The molecule has 1 aliphatic rings. The second-order valence-electron chi connectivity index (χ2n) is 3.46. The molecular formula is C12H10Br2. The SMILES string of the molecule is C=C(Br)c1c(Br)ccc2c1C(=C)CC2. The zero-order valence-corrected chi connectivity index (χ0v) is 10.9. The van der Waals surface area contributed by atoms with Crippen LogP contribution in [0.5, 0.6) is 0 Å². The Morgan fingerprint density at radius 2 is 2.00 bits per heavy atom. The van der Waals surface area contributed by atoms with Gasteiger partial charge in [0.25, 0.3) is 0 Å². The highest BCUT2D eigenvalue weighted by Crippen LogP contribution is 2.41. The molecule has 0 saturated carbocycles. The Morgan fingerprint density at radius 3 is 2.64 bits per heavy atom. The van der Waals surface area contributed by atoms with Crippen LogP contribution < -0.4 is 0 Å². The Balaban J connectivity index is 2.74. The fourth-order valence-corrected chi connectivity index (χ4v) is 3.16. The van der Waals surface area contributed by atoms with Gasteiger partial charge >= 0.3 is 0 Å². The number of halogens is 2. The molecule has 0 amide bonds. The van der Waals surface area contributed by atoms with Crippen LogP contribution in [0.4, 0.5) is 0 Å². The molecule has 0 radical (unpaired) electrons. The van der Waals surface area contributed by atoms with Gasteiger partial charge in [-0.05, 0) is 35.6 Å². The lowest BCUT2D eigenvalue weighted by Crippen LogP contribution is -1.89. The average molecular weight is 314 g/mol. The highest BCUT2D eigenvalue weighted by atomic mass is 79.9. The Hall–Kier alpha value is -0.340. The maximum absolute atomic E-state index is 4.10. The van der Waals surface area contributed by atoms with E-state index in [0.29, 0.717) is 0 Å². The molecule has 1 aromatic carbocycles. The van der Waals surface area contributed by atoms with Crippen molar-refractivity contribution in [3.8, 4) is 0 Å². The maximum atomic E-state index is 4.10. The quantitative estimate of drug-likeness (QED) is 0.700. The molecular weight excluding hydrogens is 304 g/mol. The predicted octanol–water partition coefficient (Wildman–Crippen LogP) is 4.77. The number of hydrogen-bond donors (Lipinski definition) is 0. The van der Waals surface area contributed by atoms with E-state index in [9.17, 15) is 0 Å². The minimum atomic E-state index is 0.921. The molecule has 0 unspecified atom stereocenters. The van der Waals surface area contributed by atoms with Crippen molar-refractivity contribution >= 4 is 41.9 Å². The number of allylic oxidation sites excluding steroid dienone is 1. The van der Waals surface area contributed by atoms with Gasteiger partial charge < -0.3 is 0 Å². The first-order valence-electron chi connectivity index (χ1n) is 4.45. The zero-order valence-electron chi connectivity index (χ0n) is 7.74. The van der Waals surface area contributed by atoms with Gasteiger partial charge in [-0.3, -0.25) is 0 Å². The first-order chi connectivity index (χ1) is 6.61. The summed E-state index contributed by atoms with van der Waals surface area (Å²) in [5.74, 6) is 0. The number of rotatable bonds is 1. The summed E-state index contributed by atoms with van der Waals surface area (Å²) in [6.45, 7) is 8.04. The van der Waals surface area contributed by atoms with Crippen molar-refractivity contribution in [3.63, 3.8) is 0 Å². The Kier molecular flexibility index (Phi) is 2.67. The standard InChI is InChI=1S/C12H10Br2/c1-7-3-4-9-5-6-10(14)12(8(2)13)11(7)9/h5-6H,1-4H2. The lowest BCUT2D eigenvalue weighted by molar-refractivity contribution is 1.08. The molecule has 0 N–H and O–H groups in total. The smallest absolute Gasteiger partial charge is 0.0265 e. The highest BCUT2D eigenvalue weighted by molar-refractivity contribution is 9.15. The van der Waals surface area contributed by atoms with Crippen molar-refractivity contribution in [2.24, 2.45) is 0 Å². The molecule has 72 valence electrons. The number of aryl methyl sites for hydroxylation is 1. The minimum Gasteiger partial charge on any atom is -0.0952 e. The lowest BCUT2D eigenvalue weighted by atomic mass is 10.0. The van der Waals surface area contributed by atoms with Crippen molar-refractivity contribution in [1.82, 2.24) is 0 Å². The molecule has 2 rings (SSSR count). The van der Waals surface area contributed by atoms with E-state index in [2.05, 4.69) is 57.2 Å². The summed E-state index contributed by atoms with van der Waals surface area (Å²) in [7, 11) is 0. The predicted molar refractivity (Wildman–Crippen MR) is 69.5 cm³/mol. The highest BCUT2D eigenvalue weighted by Gasteiger charge is 2.20. The van der Waals surface area contributed by atoms with E-state index in [-0.39, 0.29) is 0 Å². The second kappa shape index (κ2) is 3.67. The third kappa shape index (κ3) is 1.51. The largest absolute Gasteiger partial charge is 0.0952 e. The summed E-state index contributed by atoms with van der Waals surface area (Å²) in [6, 6.07) is 4.25. The minimum absolute atomic E-state index is 0.921. The van der Waals surface area contributed by atoms with Gasteiger partial charge in [-0.25, -0.2) is 0 Å². The zero-order chi connectivity index (χ0) is 10.3. The summed E-state index contributed by atoms with van der Waals surface area (Å²) in [4.78, 5) is 0. The summed E-state index contributed by atoms with van der Waals surface area (Å²) < 4.78 is 2.01. The third-order valence-corrected chi connectivity index (χ3v) is 3.62. The van der Waals surface area contributed by atoms with Crippen molar-refractivity contribution in [1.29, 1.82) is 0 Å². The summed E-state index contributed by atoms with van der Waals surface area (Å²) in [5, 5.41) is 0. The number of benzene rings is 1. The van der Waals surface area contributed by atoms with Crippen molar-refractivity contribution < 1.29 is 0 Å². The lowest BCUT2D eigenvalue weighted by Gasteiger charge is -2.10. The van der Waals surface area contributed by atoms with E-state index in [1.54, 1.807) is 0 Å². The molecule has 0 nitrogen and oxygen atoms in total. The molecule has 0 aliphatic heterocycles. The van der Waals surface area contributed by atoms with Gasteiger partial charge in [0.05, 0.1) is 0 Å². The van der Waals surface area contributed by atoms with Crippen molar-refractivity contribution in [2.45, 2.75) is 12.8 Å². The Labute approximate surface area is 101 Å². The molecule has 0 heterocycles. The van der Waals surface area contributed by atoms with Crippen molar-refractivity contribution in [3.05, 3.63) is 46.5 Å². The van der Waals surface area contributed by atoms with Crippen LogP contribution in [0.2, 0.25) is 0 Å². The van der Waals surface area contributed by atoms with Gasteiger partial charge in [0.2, 0.25) is 0 Å². The van der Waals surface area contributed by atoms with Crippen LogP contribution in [-0.2, 0) is 6.42 Å². The van der Waals surface area contributed by atoms with E-state index in [1.807, 2.05) is 0 Å². The van der Waals surface area contributed by atoms with E-state index in [1.165, 1.54) is 16.7 Å². The first kappa shape index (κ1) is 10.2. The van der Waals surface area contributed by atoms with Crippen LogP contribution in [0, 0.1) is 0 Å². The third-order valence-electron chi connectivity index (χ3n) is 2.56.